The van der Waals surface area contributed by atoms with E-state index in [1.165, 1.54) is 6.04 Å². The third kappa shape index (κ3) is 11.1. The Kier molecular flexibility index (Phi) is 13.5. The monoisotopic (exact) mass is 292 g/mol. The minimum Gasteiger partial charge on any atom is -0.487 e. The molecule has 5 heteroatoms. The van der Waals surface area contributed by atoms with Crippen LogP contribution < -0.4 is 0 Å². The standard InChI is InChI=1S/C13H28O3SSi/c1-4-8-15-13(16-9-5-2)18-11-7-10-14-12(17)6-3/h13H,4-11,18H2,1-3H3. The molecule has 108 valence electrons. The molecule has 0 heterocycles. The summed E-state index contributed by atoms with van der Waals surface area (Å²) in [4.78, 5) is 0. The molecule has 0 amide bonds. The van der Waals surface area contributed by atoms with Gasteiger partial charge in [-0.2, -0.15) is 0 Å². The molecule has 0 aliphatic carbocycles. The Labute approximate surface area is 119 Å². The Bertz CT molecular complexity index is 195. The van der Waals surface area contributed by atoms with Crippen molar-refractivity contribution in [3.8, 4) is 0 Å². The van der Waals surface area contributed by atoms with Gasteiger partial charge >= 0.3 is 0 Å². The van der Waals surface area contributed by atoms with Gasteiger partial charge in [-0.1, -0.05) is 26.8 Å². The van der Waals surface area contributed by atoms with Crippen molar-refractivity contribution in [1.29, 1.82) is 0 Å². The lowest BCUT2D eigenvalue weighted by Gasteiger charge is -2.17. The van der Waals surface area contributed by atoms with Gasteiger partial charge in [-0.05, 0) is 31.5 Å². The molecule has 0 saturated heterocycles. The number of rotatable bonds is 12. The Hall–Kier alpha value is 0.0269. The lowest BCUT2D eigenvalue weighted by Crippen LogP contribution is -2.25. The molecule has 18 heavy (non-hydrogen) atoms. The first-order chi connectivity index (χ1) is 8.74. The molecule has 0 aromatic heterocycles. The van der Waals surface area contributed by atoms with Gasteiger partial charge in [0.2, 0.25) is 0 Å². The molecule has 0 aliphatic heterocycles. The summed E-state index contributed by atoms with van der Waals surface area (Å²) in [5.41, 5.74) is 0. The molecule has 0 bridgehead atoms. The summed E-state index contributed by atoms with van der Waals surface area (Å²) in [7, 11) is -0.334. The van der Waals surface area contributed by atoms with E-state index in [0.717, 1.165) is 50.6 Å². The van der Waals surface area contributed by atoms with Crippen molar-refractivity contribution in [2.24, 2.45) is 0 Å². The molecule has 0 fully saturated rings. The van der Waals surface area contributed by atoms with Crippen molar-refractivity contribution < 1.29 is 14.2 Å². The summed E-state index contributed by atoms with van der Waals surface area (Å²) in [6, 6.07) is 1.18. The van der Waals surface area contributed by atoms with Crippen LogP contribution in [0.3, 0.4) is 0 Å². The molecule has 0 unspecified atom stereocenters. The number of ether oxygens (including phenoxy) is 3. The van der Waals surface area contributed by atoms with Gasteiger partial charge in [0.05, 0.1) is 16.1 Å². The highest BCUT2D eigenvalue weighted by Crippen LogP contribution is 2.02. The van der Waals surface area contributed by atoms with E-state index in [1.807, 2.05) is 6.92 Å². The Balaban J connectivity index is 3.57. The van der Waals surface area contributed by atoms with Gasteiger partial charge in [-0.15, -0.1) is 0 Å². The summed E-state index contributed by atoms with van der Waals surface area (Å²) in [6.45, 7) is 8.61. The lowest BCUT2D eigenvalue weighted by molar-refractivity contribution is -0.0905. The molecule has 0 atom stereocenters. The van der Waals surface area contributed by atoms with E-state index in [9.17, 15) is 0 Å². The van der Waals surface area contributed by atoms with Crippen molar-refractivity contribution in [3.05, 3.63) is 0 Å². The van der Waals surface area contributed by atoms with Crippen molar-refractivity contribution in [2.75, 3.05) is 19.8 Å². The molecule has 0 N–H and O–H groups in total. The van der Waals surface area contributed by atoms with Crippen molar-refractivity contribution in [3.63, 3.8) is 0 Å². The molecule has 0 aliphatic rings. The molecule has 0 saturated carbocycles. The predicted octanol–water partition coefficient (Wildman–Crippen LogP) is 2.85. The summed E-state index contributed by atoms with van der Waals surface area (Å²) < 4.78 is 16.8. The van der Waals surface area contributed by atoms with Crippen LogP contribution >= 0.6 is 12.2 Å². The second-order valence-electron chi connectivity index (χ2n) is 4.24. The first-order valence-electron chi connectivity index (χ1n) is 7.13. The van der Waals surface area contributed by atoms with Gasteiger partial charge in [0.25, 0.3) is 0 Å². The smallest absolute Gasteiger partial charge is 0.159 e. The van der Waals surface area contributed by atoms with Crippen LogP contribution in [0.1, 0.15) is 46.5 Å². The lowest BCUT2D eigenvalue weighted by atomic mass is 10.5. The highest BCUT2D eigenvalue weighted by molar-refractivity contribution is 7.80. The molecular weight excluding hydrogens is 264 g/mol. The van der Waals surface area contributed by atoms with Crippen LogP contribution in [-0.2, 0) is 14.2 Å². The summed E-state index contributed by atoms with van der Waals surface area (Å²) in [5.74, 6) is 0.0861. The van der Waals surface area contributed by atoms with E-state index in [1.54, 1.807) is 0 Å². The molecule has 0 aromatic carbocycles. The Morgan fingerprint density at radius 3 is 2.17 bits per heavy atom. The van der Waals surface area contributed by atoms with Crippen LogP contribution in [0, 0.1) is 0 Å². The zero-order chi connectivity index (χ0) is 13.6. The maximum Gasteiger partial charge on any atom is 0.159 e. The van der Waals surface area contributed by atoms with Gasteiger partial charge in [0.15, 0.2) is 5.05 Å². The quantitative estimate of drug-likeness (QED) is 0.239. The van der Waals surface area contributed by atoms with E-state index in [0.29, 0.717) is 0 Å². The Morgan fingerprint density at radius 2 is 1.67 bits per heavy atom. The van der Waals surface area contributed by atoms with Crippen molar-refractivity contribution in [2.45, 2.75) is 58.4 Å². The van der Waals surface area contributed by atoms with E-state index in [4.69, 9.17) is 26.4 Å². The van der Waals surface area contributed by atoms with Crippen LogP contribution in [0.4, 0.5) is 0 Å². The van der Waals surface area contributed by atoms with Crippen LogP contribution in [0.15, 0.2) is 0 Å². The van der Waals surface area contributed by atoms with Gasteiger partial charge in [-0.25, -0.2) is 0 Å². The minimum absolute atomic E-state index is 0.0861. The highest BCUT2D eigenvalue weighted by Gasteiger charge is 2.09. The average molecular weight is 293 g/mol. The van der Waals surface area contributed by atoms with Crippen LogP contribution in [0.5, 0.6) is 0 Å². The predicted molar refractivity (Wildman–Crippen MR) is 83.1 cm³/mol. The molecule has 0 radical (unpaired) electrons. The van der Waals surface area contributed by atoms with E-state index < -0.39 is 0 Å². The Morgan fingerprint density at radius 1 is 1.06 bits per heavy atom. The van der Waals surface area contributed by atoms with Crippen LogP contribution in [0.2, 0.25) is 6.04 Å². The van der Waals surface area contributed by atoms with E-state index in [2.05, 4.69) is 13.8 Å². The zero-order valence-corrected chi connectivity index (χ0v) is 14.3. The molecule has 3 nitrogen and oxygen atoms in total. The number of hydrogen-bond acceptors (Lipinski definition) is 4. The SMILES string of the molecule is CCCOC(OCCC)[SiH2]CCCOC(=S)CC. The number of hydrogen-bond donors (Lipinski definition) is 0. The van der Waals surface area contributed by atoms with Gasteiger partial charge < -0.3 is 14.2 Å². The molecular formula is C13H28O3SSi. The fourth-order valence-corrected chi connectivity index (χ4v) is 2.99. The van der Waals surface area contributed by atoms with E-state index in [-0.39, 0.29) is 15.4 Å². The largest absolute Gasteiger partial charge is 0.487 e. The summed E-state index contributed by atoms with van der Waals surface area (Å²) in [5, 5.41) is 0.720. The fourth-order valence-electron chi connectivity index (χ4n) is 1.41. The van der Waals surface area contributed by atoms with E-state index >= 15 is 0 Å². The van der Waals surface area contributed by atoms with Gasteiger partial charge in [-0.3, -0.25) is 0 Å². The second kappa shape index (κ2) is 13.5. The molecule has 0 aromatic rings. The molecule has 0 spiro atoms. The molecule has 0 rings (SSSR count). The third-order valence-corrected chi connectivity index (χ3v) is 4.66. The fraction of sp³-hybridized carbons (Fsp3) is 0.923. The second-order valence-corrected chi connectivity index (χ2v) is 6.65. The van der Waals surface area contributed by atoms with Crippen molar-refractivity contribution in [1.82, 2.24) is 0 Å². The minimum atomic E-state index is -0.334. The van der Waals surface area contributed by atoms with Crippen LogP contribution in [-0.4, -0.2) is 40.3 Å². The topological polar surface area (TPSA) is 27.7 Å². The maximum atomic E-state index is 5.72. The first kappa shape index (κ1) is 18.0. The summed E-state index contributed by atoms with van der Waals surface area (Å²) in [6.07, 6.45) is 3.99. The summed E-state index contributed by atoms with van der Waals surface area (Å²) >= 11 is 5.01. The normalized spacial score (nSPS) is 11.6. The third-order valence-electron chi connectivity index (χ3n) is 2.40. The first-order valence-corrected chi connectivity index (χ1v) is 9.35. The van der Waals surface area contributed by atoms with Gasteiger partial charge in [0, 0.05) is 19.6 Å². The maximum absolute atomic E-state index is 5.72. The van der Waals surface area contributed by atoms with Gasteiger partial charge in [0.1, 0.15) is 5.91 Å². The highest BCUT2D eigenvalue weighted by atomic mass is 32.1. The zero-order valence-electron chi connectivity index (χ0n) is 12.1. The number of thiocarbonyl (C=S) groups is 1. The average Bonchev–Trinajstić information content (AvgIpc) is 2.40. The van der Waals surface area contributed by atoms with Crippen molar-refractivity contribution >= 4 is 26.8 Å². The van der Waals surface area contributed by atoms with Crippen LogP contribution in [0.25, 0.3) is 0 Å².